The Morgan fingerprint density at radius 1 is 1.21 bits per heavy atom. The molecule has 0 rings (SSSR count). The van der Waals surface area contributed by atoms with Gasteiger partial charge in [-0.1, -0.05) is 38.9 Å². The third-order valence-corrected chi connectivity index (χ3v) is 8.92. The summed E-state index contributed by atoms with van der Waals surface area (Å²) in [6.07, 6.45) is 1.91. The van der Waals surface area contributed by atoms with Crippen LogP contribution in [0.25, 0.3) is 0 Å². The molecule has 0 radical (unpaired) electrons. The summed E-state index contributed by atoms with van der Waals surface area (Å²) >= 11 is 0. The highest BCUT2D eigenvalue weighted by Gasteiger charge is 2.28. The van der Waals surface area contributed by atoms with Crippen LogP contribution in [0.5, 0.6) is 0 Å². The van der Waals surface area contributed by atoms with Crippen molar-refractivity contribution in [2.75, 3.05) is 0 Å². The summed E-state index contributed by atoms with van der Waals surface area (Å²) in [5.74, 6) is 0.859. The van der Waals surface area contributed by atoms with Crippen molar-refractivity contribution in [1.82, 2.24) is 0 Å². The van der Waals surface area contributed by atoms with E-state index in [-0.39, 0.29) is 0 Å². The largest absolute Gasteiger partial charge is 0.434 e. The van der Waals surface area contributed by atoms with Crippen molar-refractivity contribution < 1.29 is 9.53 Å². The molecule has 0 aromatic heterocycles. The van der Waals surface area contributed by atoms with E-state index >= 15 is 0 Å². The first-order chi connectivity index (χ1) is 6.67. The third kappa shape index (κ3) is 3.66. The van der Waals surface area contributed by atoms with Gasteiger partial charge in [-0.05, 0) is 13.0 Å². The summed E-state index contributed by atoms with van der Waals surface area (Å²) < 4.78 is 4.97. The minimum atomic E-state index is -1.19. The Balaban J connectivity index is 4.48. The Bertz CT molecular complexity index is 187. The van der Waals surface area contributed by atoms with E-state index in [9.17, 15) is 4.79 Å². The lowest BCUT2D eigenvalue weighted by atomic mass is 10.5. The smallest absolute Gasteiger partial charge is 0.298 e. The molecule has 0 spiro atoms. The number of ether oxygens (including phenoxy) is 1. The zero-order valence-electron chi connectivity index (χ0n) is 9.80. The van der Waals surface area contributed by atoms with Crippen LogP contribution in [0.15, 0.2) is 11.8 Å². The monoisotopic (exact) mass is 214 g/mol. The van der Waals surface area contributed by atoms with Crippen LogP contribution in [0.3, 0.4) is 0 Å². The number of carbonyl (C=O) groups is 1. The molecule has 0 fully saturated rings. The maximum atomic E-state index is 10.3. The Labute approximate surface area is 88.4 Å². The van der Waals surface area contributed by atoms with Gasteiger partial charge in [-0.25, -0.2) is 0 Å². The van der Waals surface area contributed by atoms with Gasteiger partial charge in [-0.2, -0.15) is 0 Å². The van der Waals surface area contributed by atoms with Crippen molar-refractivity contribution in [3.63, 3.8) is 0 Å². The molecule has 0 aromatic rings. The summed E-state index contributed by atoms with van der Waals surface area (Å²) in [6.45, 7) is 9.24. The first-order valence-electron chi connectivity index (χ1n) is 5.43. The molecule has 0 atom stereocenters. The maximum absolute atomic E-state index is 10.3. The fraction of sp³-hybridized carbons (Fsp3) is 0.727. The zero-order valence-corrected chi connectivity index (χ0v) is 10.8. The lowest BCUT2D eigenvalue weighted by Gasteiger charge is -2.28. The highest BCUT2D eigenvalue weighted by Crippen LogP contribution is 2.28. The number of hydrogen-bond donors (Lipinski definition) is 0. The van der Waals surface area contributed by atoms with Gasteiger partial charge in [0.05, 0.1) is 8.07 Å². The standard InChI is InChI=1S/C11H22O2Si/c1-5-11(13-10-12)9-14(6-2,7-3)8-4/h5,10H,6-9H2,1-4H3. The number of rotatable bonds is 7. The molecule has 0 unspecified atom stereocenters. The predicted molar refractivity (Wildman–Crippen MR) is 62.9 cm³/mol. The molecule has 0 aromatic carbocycles. The second kappa shape index (κ2) is 6.82. The van der Waals surface area contributed by atoms with E-state index in [4.69, 9.17) is 4.74 Å². The Morgan fingerprint density at radius 2 is 1.71 bits per heavy atom. The third-order valence-electron chi connectivity index (χ3n) is 3.32. The van der Waals surface area contributed by atoms with E-state index in [0.29, 0.717) is 6.47 Å². The average Bonchev–Trinajstić information content (AvgIpc) is 2.25. The van der Waals surface area contributed by atoms with Crippen LogP contribution >= 0.6 is 0 Å². The van der Waals surface area contributed by atoms with E-state index < -0.39 is 8.07 Å². The molecule has 0 bridgehead atoms. The fourth-order valence-electron chi connectivity index (χ4n) is 1.77. The summed E-state index contributed by atoms with van der Waals surface area (Å²) in [5.41, 5.74) is 0. The highest BCUT2D eigenvalue weighted by atomic mass is 28.3. The van der Waals surface area contributed by atoms with Crippen molar-refractivity contribution in [3.8, 4) is 0 Å². The second-order valence-electron chi connectivity index (χ2n) is 3.71. The van der Waals surface area contributed by atoms with E-state index in [2.05, 4.69) is 20.8 Å². The second-order valence-corrected chi connectivity index (χ2v) is 9.18. The summed E-state index contributed by atoms with van der Waals surface area (Å²) in [4.78, 5) is 10.3. The Morgan fingerprint density at radius 3 is 2.00 bits per heavy atom. The topological polar surface area (TPSA) is 26.3 Å². The molecule has 0 amide bonds. The van der Waals surface area contributed by atoms with Crippen LogP contribution in [0.2, 0.25) is 24.2 Å². The van der Waals surface area contributed by atoms with Gasteiger partial charge >= 0.3 is 0 Å². The fourth-order valence-corrected chi connectivity index (χ4v) is 5.04. The predicted octanol–water partition coefficient (Wildman–Crippen LogP) is 3.57. The molecule has 2 nitrogen and oxygen atoms in total. The van der Waals surface area contributed by atoms with Gasteiger partial charge in [0.15, 0.2) is 0 Å². The quantitative estimate of drug-likeness (QED) is 0.368. The molecule has 0 aliphatic carbocycles. The summed E-state index contributed by atoms with van der Waals surface area (Å²) in [6, 6.07) is 4.80. The molecule has 0 aliphatic rings. The first-order valence-corrected chi connectivity index (χ1v) is 8.26. The van der Waals surface area contributed by atoms with Gasteiger partial charge < -0.3 is 4.74 Å². The van der Waals surface area contributed by atoms with Gasteiger partial charge in [0.1, 0.15) is 5.76 Å². The van der Waals surface area contributed by atoms with Crippen LogP contribution in [-0.4, -0.2) is 14.5 Å². The van der Waals surface area contributed by atoms with Crippen molar-refractivity contribution in [1.29, 1.82) is 0 Å². The van der Waals surface area contributed by atoms with Crippen LogP contribution in [-0.2, 0) is 9.53 Å². The number of allylic oxidation sites excluding steroid dienone is 2. The molecule has 0 saturated heterocycles. The van der Waals surface area contributed by atoms with E-state index in [0.717, 1.165) is 11.8 Å². The summed E-state index contributed by atoms with van der Waals surface area (Å²) in [5, 5.41) is 0. The molecule has 0 saturated carbocycles. The van der Waals surface area contributed by atoms with Gasteiger partial charge in [0.2, 0.25) is 0 Å². The molecule has 3 heteroatoms. The van der Waals surface area contributed by atoms with Gasteiger partial charge in [-0.15, -0.1) is 0 Å². The zero-order chi connectivity index (χ0) is 11.0. The molecule has 82 valence electrons. The van der Waals surface area contributed by atoms with Crippen molar-refractivity contribution in [2.45, 2.75) is 51.9 Å². The minimum Gasteiger partial charge on any atom is -0.434 e. The number of hydrogen-bond acceptors (Lipinski definition) is 2. The highest BCUT2D eigenvalue weighted by molar-refractivity contribution is 6.80. The lowest BCUT2D eigenvalue weighted by Crippen LogP contribution is -2.31. The Kier molecular flexibility index (Phi) is 6.54. The first kappa shape index (κ1) is 13.4. The molecule has 0 aliphatic heterocycles. The van der Waals surface area contributed by atoms with Gasteiger partial charge in [0, 0.05) is 6.04 Å². The van der Waals surface area contributed by atoms with E-state index in [1.165, 1.54) is 18.1 Å². The van der Waals surface area contributed by atoms with Crippen molar-refractivity contribution in [3.05, 3.63) is 11.8 Å². The maximum Gasteiger partial charge on any atom is 0.298 e. The molecular formula is C11H22O2Si. The lowest BCUT2D eigenvalue weighted by molar-refractivity contribution is -0.125. The number of carbonyl (C=O) groups excluding carboxylic acids is 1. The van der Waals surface area contributed by atoms with Crippen molar-refractivity contribution in [2.24, 2.45) is 0 Å². The molecule has 14 heavy (non-hydrogen) atoms. The Hall–Kier alpha value is -0.573. The van der Waals surface area contributed by atoms with Crippen molar-refractivity contribution >= 4 is 14.5 Å². The van der Waals surface area contributed by atoms with E-state index in [1.54, 1.807) is 0 Å². The molecular weight excluding hydrogens is 192 g/mol. The SMILES string of the molecule is CC=C(C[Si](CC)(CC)CC)OC=O. The molecule has 0 heterocycles. The van der Waals surface area contributed by atoms with Crippen LogP contribution in [0, 0.1) is 0 Å². The average molecular weight is 214 g/mol. The van der Waals surface area contributed by atoms with Crippen LogP contribution in [0.4, 0.5) is 0 Å². The van der Waals surface area contributed by atoms with E-state index in [1.807, 2.05) is 13.0 Å². The summed E-state index contributed by atoms with van der Waals surface area (Å²) in [7, 11) is -1.19. The van der Waals surface area contributed by atoms with Crippen LogP contribution < -0.4 is 0 Å². The minimum absolute atomic E-state index is 0.537. The molecule has 0 N–H and O–H groups in total. The van der Waals surface area contributed by atoms with Crippen LogP contribution in [0.1, 0.15) is 27.7 Å². The van der Waals surface area contributed by atoms with Gasteiger partial charge in [0.25, 0.3) is 6.47 Å². The normalized spacial score (nSPS) is 12.7. The van der Waals surface area contributed by atoms with Gasteiger partial charge in [-0.3, -0.25) is 4.79 Å².